The average molecular weight is 455 g/mol. The van der Waals surface area contributed by atoms with Gasteiger partial charge in [-0.15, -0.1) is 0 Å². The molecule has 0 atom stereocenters. The highest BCUT2D eigenvalue weighted by Crippen LogP contribution is 2.35. The number of halogens is 2. The monoisotopic (exact) mass is 454 g/mol. The molecular formula is C20H20Cl2N2O4S. The number of aryl methyl sites for hydroxylation is 1. The van der Waals surface area contributed by atoms with E-state index in [4.69, 9.17) is 27.9 Å². The van der Waals surface area contributed by atoms with E-state index in [0.717, 1.165) is 16.8 Å². The van der Waals surface area contributed by atoms with E-state index in [-0.39, 0.29) is 28.7 Å². The molecule has 29 heavy (non-hydrogen) atoms. The van der Waals surface area contributed by atoms with Crippen LogP contribution >= 0.6 is 23.2 Å². The third kappa shape index (κ3) is 3.72. The molecule has 0 aliphatic carbocycles. The minimum absolute atomic E-state index is 0.115. The van der Waals surface area contributed by atoms with E-state index < -0.39 is 10.0 Å². The molecule has 0 spiro atoms. The Balaban J connectivity index is 1.54. The summed E-state index contributed by atoms with van der Waals surface area (Å²) in [6.45, 7) is 2.83. The number of benzene rings is 2. The van der Waals surface area contributed by atoms with E-state index in [2.05, 4.69) is 0 Å². The van der Waals surface area contributed by atoms with Crippen molar-refractivity contribution in [2.45, 2.75) is 37.3 Å². The van der Waals surface area contributed by atoms with Crippen molar-refractivity contribution in [2.75, 3.05) is 18.0 Å². The van der Waals surface area contributed by atoms with Gasteiger partial charge in [-0.3, -0.25) is 4.90 Å². The maximum absolute atomic E-state index is 13.0. The molecule has 0 saturated carbocycles. The number of carbonyl (C=O) groups excluding carboxylic acids is 1. The zero-order chi connectivity index (χ0) is 20.8. The fraction of sp³-hybridized carbons (Fsp3) is 0.350. The lowest BCUT2D eigenvalue weighted by molar-refractivity contribution is 0.135. The summed E-state index contributed by atoms with van der Waals surface area (Å²) < 4.78 is 32.7. The number of carbonyl (C=O) groups is 1. The van der Waals surface area contributed by atoms with Gasteiger partial charge in [0.1, 0.15) is 6.61 Å². The van der Waals surface area contributed by atoms with Crippen LogP contribution in [0.15, 0.2) is 41.3 Å². The van der Waals surface area contributed by atoms with Crippen molar-refractivity contribution in [3.8, 4) is 0 Å². The number of cyclic esters (lactones) is 1. The van der Waals surface area contributed by atoms with Crippen LogP contribution < -0.4 is 4.90 Å². The third-order valence-electron chi connectivity index (χ3n) is 5.43. The van der Waals surface area contributed by atoms with Gasteiger partial charge in [0.2, 0.25) is 10.0 Å². The number of rotatable bonds is 3. The lowest BCUT2D eigenvalue weighted by Gasteiger charge is -2.40. The Kier molecular flexibility index (Phi) is 5.50. The first kappa shape index (κ1) is 20.5. The summed E-state index contributed by atoms with van der Waals surface area (Å²) >= 11 is 11.9. The van der Waals surface area contributed by atoms with Gasteiger partial charge in [-0.05, 0) is 43.5 Å². The molecule has 154 valence electrons. The first-order valence-electron chi connectivity index (χ1n) is 9.28. The van der Waals surface area contributed by atoms with Crippen LogP contribution in [0.2, 0.25) is 10.0 Å². The van der Waals surface area contributed by atoms with Crippen LogP contribution in [0.4, 0.5) is 10.5 Å². The average Bonchev–Trinajstić information content (AvgIpc) is 2.70. The number of hydrogen-bond acceptors (Lipinski definition) is 4. The van der Waals surface area contributed by atoms with Gasteiger partial charge in [-0.1, -0.05) is 41.4 Å². The summed E-state index contributed by atoms with van der Waals surface area (Å²) in [4.78, 5) is 14.3. The standard InChI is InChI=1S/C20H20Cl2N2O4S/c1-13-3-2-4-14-12-28-20(25)24(19(13)14)15-7-9-23(10-8-15)29(26,27)16-5-6-17(21)18(22)11-16/h2-6,11,15H,7-10,12H2,1H3. The van der Waals surface area contributed by atoms with E-state index in [9.17, 15) is 13.2 Å². The smallest absolute Gasteiger partial charge is 0.414 e. The maximum Gasteiger partial charge on any atom is 0.414 e. The zero-order valence-electron chi connectivity index (χ0n) is 15.8. The van der Waals surface area contributed by atoms with E-state index in [1.165, 1.54) is 22.5 Å². The number of amides is 1. The molecule has 2 aromatic rings. The molecule has 4 rings (SSSR count). The molecule has 0 unspecified atom stereocenters. The highest BCUT2D eigenvalue weighted by molar-refractivity contribution is 7.89. The largest absolute Gasteiger partial charge is 0.444 e. The number of ether oxygens (including phenoxy) is 1. The number of sulfonamides is 1. The molecule has 0 bridgehead atoms. The van der Waals surface area contributed by atoms with Gasteiger partial charge in [0, 0.05) is 24.7 Å². The number of piperidine rings is 1. The van der Waals surface area contributed by atoms with Crippen molar-refractivity contribution in [1.82, 2.24) is 4.31 Å². The van der Waals surface area contributed by atoms with Gasteiger partial charge in [0.25, 0.3) is 0 Å². The van der Waals surface area contributed by atoms with Crippen LogP contribution in [0, 0.1) is 6.92 Å². The molecule has 0 N–H and O–H groups in total. The van der Waals surface area contributed by atoms with Crippen LogP contribution in [0.5, 0.6) is 0 Å². The topological polar surface area (TPSA) is 66.9 Å². The molecule has 2 heterocycles. The molecular weight excluding hydrogens is 435 g/mol. The predicted octanol–water partition coefficient (Wildman–Crippen LogP) is 4.61. The zero-order valence-corrected chi connectivity index (χ0v) is 18.1. The minimum atomic E-state index is -3.68. The van der Waals surface area contributed by atoms with Crippen molar-refractivity contribution in [3.63, 3.8) is 0 Å². The van der Waals surface area contributed by atoms with Gasteiger partial charge in [-0.25, -0.2) is 13.2 Å². The number of fused-ring (bicyclic) bond motifs is 1. The molecule has 2 aliphatic heterocycles. The Morgan fingerprint density at radius 3 is 2.48 bits per heavy atom. The van der Waals surface area contributed by atoms with Crippen LogP contribution in [0.25, 0.3) is 0 Å². The van der Waals surface area contributed by atoms with Crippen molar-refractivity contribution in [1.29, 1.82) is 0 Å². The van der Waals surface area contributed by atoms with Gasteiger partial charge < -0.3 is 4.74 Å². The van der Waals surface area contributed by atoms with E-state index in [0.29, 0.717) is 31.0 Å². The van der Waals surface area contributed by atoms with Crippen LogP contribution in [-0.2, 0) is 21.4 Å². The van der Waals surface area contributed by atoms with Gasteiger partial charge in [0.15, 0.2) is 0 Å². The van der Waals surface area contributed by atoms with E-state index in [1.54, 1.807) is 4.90 Å². The first-order chi connectivity index (χ1) is 13.8. The van der Waals surface area contributed by atoms with E-state index in [1.807, 2.05) is 25.1 Å². The fourth-order valence-electron chi connectivity index (χ4n) is 3.94. The SMILES string of the molecule is Cc1cccc2c1N(C1CCN(S(=O)(=O)c3ccc(Cl)c(Cl)c3)CC1)C(=O)OC2. The van der Waals surface area contributed by atoms with Crippen molar-refractivity contribution >= 4 is 45.0 Å². The highest BCUT2D eigenvalue weighted by Gasteiger charge is 2.37. The number of para-hydroxylation sites is 1. The predicted molar refractivity (Wildman–Crippen MR) is 112 cm³/mol. The molecule has 0 aromatic heterocycles. The first-order valence-corrected chi connectivity index (χ1v) is 11.5. The summed E-state index contributed by atoms with van der Waals surface area (Å²) in [6, 6.07) is 10.0. The Morgan fingerprint density at radius 2 is 1.79 bits per heavy atom. The lowest BCUT2D eigenvalue weighted by Crippen LogP contribution is -2.50. The number of nitrogens with zero attached hydrogens (tertiary/aromatic N) is 2. The third-order valence-corrected chi connectivity index (χ3v) is 8.06. The van der Waals surface area contributed by atoms with E-state index >= 15 is 0 Å². The molecule has 9 heteroatoms. The highest BCUT2D eigenvalue weighted by atomic mass is 35.5. The van der Waals surface area contributed by atoms with Gasteiger partial charge in [-0.2, -0.15) is 4.31 Å². The van der Waals surface area contributed by atoms with Crippen molar-refractivity contribution in [3.05, 3.63) is 57.6 Å². The molecule has 2 aromatic carbocycles. The maximum atomic E-state index is 13.0. The van der Waals surface area contributed by atoms with Crippen LogP contribution in [-0.4, -0.2) is 37.9 Å². The molecule has 1 amide bonds. The van der Waals surface area contributed by atoms with Gasteiger partial charge in [0.05, 0.1) is 20.6 Å². The second-order valence-corrected chi connectivity index (χ2v) is 9.97. The summed E-state index contributed by atoms with van der Waals surface area (Å²) in [5.74, 6) is 0. The summed E-state index contributed by atoms with van der Waals surface area (Å²) in [7, 11) is -3.68. The molecule has 1 fully saturated rings. The molecule has 6 nitrogen and oxygen atoms in total. The second kappa shape index (κ2) is 7.80. The summed E-state index contributed by atoms with van der Waals surface area (Å²) in [6.07, 6.45) is 0.657. The van der Waals surface area contributed by atoms with Crippen LogP contribution in [0.3, 0.4) is 0 Å². The second-order valence-electron chi connectivity index (χ2n) is 7.22. The minimum Gasteiger partial charge on any atom is -0.444 e. The fourth-order valence-corrected chi connectivity index (χ4v) is 5.80. The number of anilines is 1. The quantitative estimate of drug-likeness (QED) is 0.678. The van der Waals surface area contributed by atoms with Crippen molar-refractivity contribution < 1.29 is 17.9 Å². The molecule has 0 radical (unpaired) electrons. The molecule has 1 saturated heterocycles. The Bertz CT molecular complexity index is 1070. The van der Waals surface area contributed by atoms with Crippen LogP contribution in [0.1, 0.15) is 24.0 Å². The van der Waals surface area contributed by atoms with Crippen molar-refractivity contribution in [2.24, 2.45) is 0 Å². The Hall–Kier alpha value is -1.80. The summed E-state index contributed by atoms with van der Waals surface area (Å²) in [5, 5.41) is 0.507. The normalized spacial score (nSPS) is 18.4. The Labute approximate surface area is 180 Å². The van der Waals surface area contributed by atoms with Gasteiger partial charge >= 0.3 is 6.09 Å². The number of hydrogen-bond donors (Lipinski definition) is 0. The summed E-state index contributed by atoms with van der Waals surface area (Å²) in [5.41, 5.74) is 2.86. The Morgan fingerprint density at radius 1 is 1.07 bits per heavy atom. The lowest BCUT2D eigenvalue weighted by atomic mass is 10.00. The molecule has 2 aliphatic rings.